The molecule has 15 heavy (non-hydrogen) atoms. The smallest absolute Gasteiger partial charge is 0.183 e. The molecule has 1 saturated heterocycles. The molecule has 0 radical (unpaired) electrons. The highest BCUT2D eigenvalue weighted by Crippen LogP contribution is 2.22. The van der Waals surface area contributed by atoms with Gasteiger partial charge in [0.1, 0.15) is 12.2 Å². The number of benzene rings is 1. The van der Waals surface area contributed by atoms with E-state index in [1.165, 1.54) is 0 Å². The molecule has 0 bridgehead atoms. The van der Waals surface area contributed by atoms with Gasteiger partial charge in [-0.3, -0.25) is 0 Å². The van der Waals surface area contributed by atoms with E-state index in [-0.39, 0.29) is 0 Å². The molecule has 4 heteroatoms. The molecule has 0 aromatic heterocycles. The van der Waals surface area contributed by atoms with Crippen molar-refractivity contribution < 1.29 is 20.1 Å². The van der Waals surface area contributed by atoms with Crippen molar-refractivity contribution in [3.63, 3.8) is 0 Å². The molecular formula is C11H14O4. The van der Waals surface area contributed by atoms with Crippen LogP contribution in [0.4, 0.5) is 0 Å². The maximum Gasteiger partial charge on any atom is 0.183 e. The van der Waals surface area contributed by atoms with Crippen LogP contribution in [-0.2, 0) is 11.2 Å². The van der Waals surface area contributed by atoms with Gasteiger partial charge in [0.05, 0.1) is 6.10 Å². The predicted octanol–water partition coefficient (Wildman–Crippen LogP) is -0.332. The molecule has 1 aromatic carbocycles. The molecule has 0 amide bonds. The fraction of sp³-hybridized carbons (Fsp3) is 0.455. The summed E-state index contributed by atoms with van der Waals surface area (Å²) in [6.07, 6.45) is -3.58. The van der Waals surface area contributed by atoms with Gasteiger partial charge in [0.25, 0.3) is 0 Å². The molecule has 82 valence electrons. The van der Waals surface area contributed by atoms with Crippen molar-refractivity contribution in [3.05, 3.63) is 35.9 Å². The molecule has 1 aliphatic heterocycles. The van der Waals surface area contributed by atoms with E-state index in [1.807, 2.05) is 30.3 Å². The lowest BCUT2D eigenvalue weighted by molar-refractivity contribution is -0.126. The summed E-state index contributed by atoms with van der Waals surface area (Å²) in [5.74, 6) is 0. The Morgan fingerprint density at radius 2 is 1.67 bits per heavy atom. The lowest BCUT2D eigenvalue weighted by Crippen LogP contribution is -2.33. The minimum absolute atomic E-state index is 0.482. The number of ether oxygens (including phenoxy) is 1. The fourth-order valence-electron chi connectivity index (χ4n) is 1.74. The van der Waals surface area contributed by atoms with Gasteiger partial charge < -0.3 is 20.1 Å². The summed E-state index contributed by atoms with van der Waals surface area (Å²) in [5.41, 5.74) is 1.00. The Morgan fingerprint density at radius 1 is 1.00 bits per heavy atom. The molecule has 1 heterocycles. The third-order valence-corrected chi connectivity index (χ3v) is 2.62. The van der Waals surface area contributed by atoms with Crippen LogP contribution < -0.4 is 0 Å². The standard InChI is InChI=1S/C11H14O4/c12-9-8(15-11(14)10(9)13)6-7-4-2-1-3-5-7/h1-5,8-14H,6H2/t8-,9+,10-,11?/m1/s1. The third kappa shape index (κ3) is 2.18. The zero-order valence-corrected chi connectivity index (χ0v) is 8.15. The van der Waals surface area contributed by atoms with Crippen molar-refractivity contribution in [1.29, 1.82) is 0 Å². The lowest BCUT2D eigenvalue weighted by atomic mass is 10.0. The number of aliphatic hydroxyl groups is 3. The zero-order valence-electron chi connectivity index (χ0n) is 8.15. The summed E-state index contributed by atoms with van der Waals surface area (Å²) < 4.78 is 5.05. The molecule has 4 nitrogen and oxygen atoms in total. The van der Waals surface area contributed by atoms with Crippen molar-refractivity contribution in [2.75, 3.05) is 0 Å². The van der Waals surface area contributed by atoms with Crippen molar-refractivity contribution in [3.8, 4) is 0 Å². The highest BCUT2D eigenvalue weighted by atomic mass is 16.6. The number of hydrogen-bond donors (Lipinski definition) is 3. The third-order valence-electron chi connectivity index (χ3n) is 2.62. The quantitative estimate of drug-likeness (QED) is 0.625. The second-order valence-electron chi connectivity index (χ2n) is 3.74. The zero-order chi connectivity index (χ0) is 10.8. The Balaban J connectivity index is 2.02. The highest BCUT2D eigenvalue weighted by Gasteiger charge is 2.41. The van der Waals surface area contributed by atoms with Crippen LogP contribution in [0.3, 0.4) is 0 Å². The molecule has 1 aliphatic rings. The van der Waals surface area contributed by atoms with Crippen LogP contribution in [0.25, 0.3) is 0 Å². The van der Waals surface area contributed by atoms with E-state index in [4.69, 9.17) is 4.74 Å². The maximum atomic E-state index is 9.55. The fourth-order valence-corrected chi connectivity index (χ4v) is 1.74. The molecule has 4 atom stereocenters. The lowest BCUT2D eigenvalue weighted by Gasteiger charge is -2.13. The predicted molar refractivity (Wildman–Crippen MR) is 53.0 cm³/mol. The van der Waals surface area contributed by atoms with E-state index in [9.17, 15) is 15.3 Å². The minimum Gasteiger partial charge on any atom is -0.387 e. The summed E-state index contributed by atoms with van der Waals surface area (Å²) in [6.45, 7) is 0. The Morgan fingerprint density at radius 3 is 2.20 bits per heavy atom. The van der Waals surface area contributed by atoms with Crippen molar-refractivity contribution in [1.82, 2.24) is 0 Å². The summed E-state index contributed by atoms with van der Waals surface area (Å²) in [6, 6.07) is 9.51. The number of aliphatic hydroxyl groups excluding tert-OH is 3. The van der Waals surface area contributed by atoms with Gasteiger partial charge in [-0.05, 0) is 5.56 Å². The average molecular weight is 210 g/mol. The normalized spacial score (nSPS) is 35.7. The molecular weight excluding hydrogens is 196 g/mol. The number of rotatable bonds is 2. The summed E-state index contributed by atoms with van der Waals surface area (Å²) in [4.78, 5) is 0. The van der Waals surface area contributed by atoms with Gasteiger partial charge in [0, 0.05) is 6.42 Å². The molecule has 1 fully saturated rings. The monoisotopic (exact) mass is 210 g/mol. The molecule has 2 rings (SSSR count). The van der Waals surface area contributed by atoms with Crippen LogP contribution in [0.2, 0.25) is 0 Å². The van der Waals surface area contributed by atoms with Crippen molar-refractivity contribution in [2.45, 2.75) is 31.0 Å². The van der Waals surface area contributed by atoms with Gasteiger partial charge in [0.2, 0.25) is 0 Å². The first-order valence-electron chi connectivity index (χ1n) is 4.92. The van der Waals surface area contributed by atoms with E-state index in [2.05, 4.69) is 0 Å². The van der Waals surface area contributed by atoms with Crippen molar-refractivity contribution >= 4 is 0 Å². The first-order valence-corrected chi connectivity index (χ1v) is 4.92. The molecule has 0 spiro atoms. The minimum atomic E-state index is -1.28. The largest absolute Gasteiger partial charge is 0.387 e. The topological polar surface area (TPSA) is 69.9 Å². The van der Waals surface area contributed by atoms with E-state index in [0.29, 0.717) is 6.42 Å². The Hall–Kier alpha value is -0.940. The van der Waals surface area contributed by atoms with Crippen LogP contribution in [0.5, 0.6) is 0 Å². The molecule has 1 unspecified atom stereocenters. The molecule has 0 saturated carbocycles. The van der Waals surface area contributed by atoms with Crippen molar-refractivity contribution in [2.24, 2.45) is 0 Å². The van der Waals surface area contributed by atoms with Crippen LogP contribution in [0.1, 0.15) is 5.56 Å². The van der Waals surface area contributed by atoms with Crippen LogP contribution in [-0.4, -0.2) is 39.9 Å². The summed E-state index contributed by atoms with van der Waals surface area (Å²) in [5, 5.41) is 28.0. The van der Waals surface area contributed by atoms with Gasteiger partial charge in [-0.1, -0.05) is 30.3 Å². The second-order valence-corrected chi connectivity index (χ2v) is 3.74. The van der Waals surface area contributed by atoms with Crippen LogP contribution >= 0.6 is 0 Å². The summed E-state index contributed by atoms with van der Waals surface area (Å²) in [7, 11) is 0. The Bertz CT molecular complexity index is 314. The van der Waals surface area contributed by atoms with E-state index >= 15 is 0 Å². The average Bonchev–Trinajstić information content (AvgIpc) is 2.48. The van der Waals surface area contributed by atoms with Gasteiger partial charge in [-0.25, -0.2) is 0 Å². The van der Waals surface area contributed by atoms with E-state index in [0.717, 1.165) is 5.56 Å². The van der Waals surface area contributed by atoms with Crippen LogP contribution in [0, 0.1) is 0 Å². The molecule has 0 aliphatic carbocycles. The van der Waals surface area contributed by atoms with Gasteiger partial charge in [-0.15, -0.1) is 0 Å². The van der Waals surface area contributed by atoms with Gasteiger partial charge >= 0.3 is 0 Å². The van der Waals surface area contributed by atoms with Crippen LogP contribution in [0.15, 0.2) is 30.3 Å². The first kappa shape index (κ1) is 10.6. The first-order chi connectivity index (χ1) is 7.18. The maximum absolute atomic E-state index is 9.55. The molecule has 3 N–H and O–H groups in total. The summed E-state index contributed by atoms with van der Waals surface area (Å²) >= 11 is 0. The van der Waals surface area contributed by atoms with E-state index in [1.54, 1.807) is 0 Å². The Labute approximate surface area is 87.7 Å². The highest BCUT2D eigenvalue weighted by molar-refractivity contribution is 5.16. The van der Waals surface area contributed by atoms with E-state index < -0.39 is 24.6 Å². The van der Waals surface area contributed by atoms with Gasteiger partial charge in [-0.2, -0.15) is 0 Å². The SMILES string of the molecule is OC1O[C@H](Cc2ccccc2)[C@H](O)[C@H]1O. The number of hydrogen-bond acceptors (Lipinski definition) is 4. The second kappa shape index (κ2) is 4.28. The molecule has 1 aromatic rings. The van der Waals surface area contributed by atoms with Gasteiger partial charge in [0.15, 0.2) is 6.29 Å². The Kier molecular flexibility index (Phi) is 3.02.